The second-order valence-electron chi connectivity index (χ2n) is 6.74. The van der Waals surface area contributed by atoms with E-state index in [4.69, 9.17) is 0 Å². The van der Waals surface area contributed by atoms with Crippen LogP contribution >= 0.6 is 0 Å². The Bertz CT molecular complexity index is 519. The van der Waals surface area contributed by atoms with E-state index < -0.39 is 0 Å². The van der Waals surface area contributed by atoms with Crippen molar-refractivity contribution in [1.82, 2.24) is 20.0 Å². The summed E-state index contributed by atoms with van der Waals surface area (Å²) < 4.78 is 2.08. The third-order valence-electron chi connectivity index (χ3n) is 5.03. The maximum atomic E-state index is 12.7. The Balaban J connectivity index is 1.62. The standard InChI is InChI=1S/C17H28N4O/c1-3-16(17(22)18-14-7-5-4-6-8-14)20-9-10-21-15(12-20)11-13(2)19-21/h11,14,16H,3-10,12H2,1-2H3,(H,18,22)/t16-/m1/s1. The van der Waals surface area contributed by atoms with E-state index in [1.807, 2.05) is 6.92 Å². The minimum Gasteiger partial charge on any atom is -0.352 e. The highest BCUT2D eigenvalue weighted by molar-refractivity contribution is 5.82. The molecule has 0 saturated heterocycles. The number of carbonyl (C=O) groups excluding carboxylic acids is 1. The number of carbonyl (C=O) groups is 1. The SMILES string of the molecule is CC[C@H](C(=O)NC1CCCCC1)N1CCn2nc(C)cc2C1. The average Bonchev–Trinajstić information content (AvgIpc) is 2.88. The van der Waals surface area contributed by atoms with Gasteiger partial charge in [-0.1, -0.05) is 26.2 Å². The molecule has 1 fully saturated rings. The van der Waals surface area contributed by atoms with Crippen molar-refractivity contribution in [2.24, 2.45) is 0 Å². The molecule has 122 valence electrons. The quantitative estimate of drug-likeness (QED) is 0.928. The molecule has 0 spiro atoms. The molecular formula is C17H28N4O. The van der Waals surface area contributed by atoms with Crippen LogP contribution in [0.3, 0.4) is 0 Å². The molecule has 5 heteroatoms. The van der Waals surface area contributed by atoms with Gasteiger partial charge in [-0.15, -0.1) is 0 Å². The third kappa shape index (κ3) is 3.35. The Kier molecular flexibility index (Phi) is 4.81. The monoisotopic (exact) mass is 304 g/mol. The Labute approximate surface area is 133 Å². The number of rotatable bonds is 4. The number of nitrogens with one attached hydrogen (secondary N) is 1. The van der Waals surface area contributed by atoms with Crippen molar-refractivity contribution < 1.29 is 4.79 Å². The Morgan fingerprint density at radius 1 is 1.36 bits per heavy atom. The van der Waals surface area contributed by atoms with Crippen LogP contribution in [0, 0.1) is 6.92 Å². The molecule has 3 rings (SSSR count). The summed E-state index contributed by atoms with van der Waals surface area (Å²) in [6.07, 6.45) is 6.99. The van der Waals surface area contributed by atoms with Crippen molar-refractivity contribution in [3.63, 3.8) is 0 Å². The fourth-order valence-corrected chi connectivity index (χ4v) is 3.85. The summed E-state index contributed by atoms with van der Waals surface area (Å²) >= 11 is 0. The van der Waals surface area contributed by atoms with Crippen molar-refractivity contribution in [1.29, 1.82) is 0 Å². The molecule has 5 nitrogen and oxygen atoms in total. The van der Waals surface area contributed by atoms with Crippen LogP contribution in [0.1, 0.15) is 56.8 Å². The fraction of sp³-hybridized carbons (Fsp3) is 0.765. The lowest BCUT2D eigenvalue weighted by Crippen LogP contribution is -2.51. The molecule has 22 heavy (non-hydrogen) atoms. The molecule has 1 N–H and O–H groups in total. The van der Waals surface area contributed by atoms with E-state index in [2.05, 4.69) is 33.0 Å². The summed E-state index contributed by atoms with van der Waals surface area (Å²) in [5, 5.41) is 7.79. The van der Waals surface area contributed by atoms with Crippen LogP contribution in [0.2, 0.25) is 0 Å². The lowest BCUT2D eigenvalue weighted by molar-refractivity contribution is -0.128. The number of nitrogens with zero attached hydrogens (tertiary/aromatic N) is 3. The normalized spacial score (nSPS) is 21.4. The van der Waals surface area contributed by atoms with Crippen LogP contribution < -0.4 is 5.32 Å². The molecule has 0 radical (unpaired) electrons. The number of hydrogen-bond donors (Lipinski definition) is 1. The van der Waals surface area contributed by atoms with Gasteiger partial charge in [-0.2, -0.15) is 5.10 Å². The fourth-order valence-electron chi connectivity index (χ4n) is 3.85. The highest BCUT2D eigenvalue weighted by atomic mass is 16.2. The number of aryl methyl sites for hydroxylation is 1. The van der Waals surface area contributed by atoms with Gasteiger partial charge in [-0.05, 0) is 32.3 Å². The summed E-state index contributed by atoms with van der Waals surface area (Å²) in [7, 11) is 0. The number of hydrogen-bond acceptors (Lipinski definition) is 3. The van der Waals surface area contributed by atoms with Gasteiger partial charge in [0.25, 0.3) is 0 Å². The van der Waals surface area contributed by atoms with E-state index in [-0.39, 0.29) is 11.9 Å². The summed E-state index contributed by atoms with van der Waals surface area (Å²) in [6, 6.07) is 2.52. The molecule has 0 unspecified atom stereocenters. The molecule has 2 aliphatic rings. The highest BCUT2D eigenvalue weighted by Crippen LogP contribution is 2.20. The molecule has 1 aromatic rings. The Morgan fingerprint density at radius 2 is 2.14 bits per heavy atom. The van der Waals surface area contributed by atoms with Gasteiger partial charge < -0.3 is 5.32 Å². The van der Waals surface area contributed by atoms with Crippen LogP contribution in [-0.2, 0) is 17.9 Å². The van der Waals surface area contributed by atoms with Gasteiger partial charge in [0.05, 0.1) is 24.0 Å². The molecule has 0 aromatic carbocycles. The highest BCUT2D eigenvalue weighted by Gasteiger charge is 2.29. The minimum atomic E-state index is -0.00844. The second kappa shape index (κ2) is 6.82. The van der Waals surface area contributed by atoms with Crippen molar-refractivity contribution >= 4 is 5.91 Å². The zero-order chi connectivity index (χ0) is 15.5. The first-order chi connectivity index (χ1) is 10.7. The largest absolute Gasteiger partial charge is 0.352 e. The maximum absolute atomic E-state index is 12.7. The van der Waals surface area contributed by atoms with Crippen molar-refractivity contribution in [3.8, 4) is 0 Å². The van der Waals surface area contributed by atoms with Gasteiger partial charge in [0, 0.05) is 19.1 Å². The zero-order valence-corrected chi connectivity index (χ0v) is 13.8. The van der Waals surface area contributed by atoms with E-state index in [1.54, 1.807) is 0 Å². The molecular weight excluding hydrogens is 276 g/mol. The van der Waals surface area contributed by atoms with Crippen molar-refractivity contribution in [2.45, 2.75) is 77.5 Å². The zero-order valence-electron chi connectivity index (χ0n) is 13.8. The number of aromatic nitrogens is 2. The molecule has 1 atom stereocenters. The summed E-state index contributed by atoms with van der Waals surface area (Å²) in [6.45, 7) is 6.77. The molecule has 1 aromatic heterocycles. The van der Waals surface area contributed by atoms with Crippen LogP contribution in [0.15, 0.2) is 6.07 Å². The molecule has 1 aliphatic heterocycles. The van der Waals surface area contributed by atoms with E-state index in [9.17, 15) is 4.79 Å². The van der Waals surface area contributed by atoms with Gasteiger partial charge in [0.1, 0.15) is 0 Å². The van der Waals surface area contributed by atoms with Crippen LogP contribution in [0.4, 0.5) is 0 Å². The van der Waals surface area contributed by atoms with E-state index in [0.29, 0.717) is 6.04 Å². The minimum absolute atomic E-state index is 0.00844. The smallest absolute Gasteiger partial charge is 0.237 e. The van der Waals surface area contributed by atoms with E-state index in [0.717, 1.165) is 44.6 Å². The molecule has 0 bridgehead atoms. The first-order valence-electron chi connectivity index (χ1n) is 8.75. The molecule has 1 saturated carbocycles. The van der Waals surface area contributed by atoms with Crippen LogP contribution in [0.25, 0.3) is 0 Å². The topological polar surface area (TPSA) is 50.2 Å². The van der Waals surface area contributed by atoms with Crippen LogP contribution in [0.5, 0.6) is 0 Å². The van der Waals surface area contributed by atoms with Gasteiger partial charge in [-0.3, -0.25) is 14.4 Å². The van der Waals surface area contributed by atoms with Gasteiger partial charge >= 0.3 is 0 Å². The van der Waals surface area contributed by atoms with Gasteiger partial charge in [0.2, 0.25) is 5.91 Å². The first kappa shape index (κ1) is 15.5. The lowest BCUT2D eigenvalue weighted by Gasteiger charge is -2.34. The second-order valence-corrected chi connectivity index (χ2v) is 6.74. The molecule has 2 heterocycles. The van der Waals surface area contributed by atoms with Crippen LogP contribution in [-0.4, -0.2) is 39.2 Å². The Hall–Kier alpha value is -1.36. The molecule has 1 aliphatic carbocycles. The number of fused-ring (bicyclic) bond motifs is 1. The maximum Gasteiger partial charge on any atom is 0.237 e. The summed E-state index contributed by atoms with van der Waals surface area (Å²) in [5.74, 6) is 0.221. The van der Waals surface area contributed by atoms with Gasteiger partial charge in [0.15, 0.2) is 0 Å². The third-order valence-corrected chi connectivity index (χ3v) is 5.03. The number of amides is 1. The predicted molar refractivity (Wildman–Crippen MR) is 86.5 cm³/mol. The lowest BCUT2D eigenvalue weighted by atomic mass is 9.95. The average molecular weight is 304 g/mol. The first-order valence-corrected chi connectivity index (χ1v) is 8.75. The summed E-state index contributed by atoms with van der Waals surface area (Å²) in [4.78, 5) is 15.0. The van der Waals surface area contributed by atoms with E-state index in [1.165, 1.54) is 25.0 Å². The molecule has 1 amide bonds. The Morgan fingerprint density at radius 3 is 2.86 bits per heavy atom. The van der Waals surface area contributed by atoms with Gasteiger partial charge in [-0.25, -0.2) is 0 Å². The van der Waals surface area contributed by atoms with E-state index >= 15 is 0 Å². The predicted octanol–water partition coefficient (Wildman–Crippen LogP) is 2.23. The van der Waals surface area contributed by atoms with Crippen molar-refractivity contribution in [2.75, 3.05) is 6.54 Å². The summed E-state index contributed by atoms with van der Waals surface area (Å²) in [5.41, 5.74) is 2.30. The van der Waals surface area contributed by atoms with Crippen molar-refractivity contribution in [3.05, 3.63) is 17.5 Å².